The lowest BCUT2D eigenvalue weighted by Gasteiger charge is -2.04. The van der Waals surface area contributed by atoms with Crippen LogP contribution in [0.25, 0.3) is 0 Å². The van der Waals surface area contributed by atoms with E-state index in [-0.39, 0.29) is 17.1 Å². The molecule has 0 spiro atoms. The lowest BCUT2D eigenvalue weighted by atomic mass is 10.1. The number of nitro benzene ring substituents is 1. The summed E-state index contributed by atoms with van der Waals surface area (Å²) >= 11 is 0. The van der Waals surface area contributed by atoms with E-state index in [1.807, 2.05) is 0 Å². The van der Waals surface area contributed by atoms with E-state index < -0.39 is 10.8 Å². The fraction of sp³-hybridized carbons (Fsp3) is 0.125. The lowest BCUT2D eigenvalue weighted by Crippen LogP contribution is -2.19. The van der Waals surface area contributed by atoms with Crippen LogP contribution in [-0.2, 0) is 0 Å². The van der Waals surface area contributed by atoms with Crippen LogP contribution in [-0.4, -0.2) is 16.5 Å². The van der Waals surface area contributed by atoms with Gasteiger partial charge in [0.2, 0.25) is 0 Å². The van der Waals surface area contributed by atoms with Gasteiger partial charge in [-0.15, -0.1) is 0 Å². The summed E-state index contributed by atoms with van der Waals surface area (Å²) < 4.78 is 12.9. The molecule has 0 unspecified atom stereocenters. The van der Waals surface area contributed by atoms with Gasteiger partial charge in [-0.3, -0.25) is 14.9 Å². The van der Waals surface area contributed by atoms with E-state index in [4.69, 9.17) is 0 Å². The molecule has 23 heavy (non-hydrogen) atoms. The Morgan fingerprint density at radius 2 is 1.78 bits per heavy atom. The maximum atomic E-state index is 12.9. The molecule has 0 atom stereocenters. The molecule has 0 aliphatic carbocycles. The Morgan fingerprint density at radius 1 is 1.17 bits per heavy atom. The third-order valence-corrected chi connectivity index (χ3v) is 3.26. The highest BCUT2D eigenvalue weighted by Gasteiger charge is 2.14. The average Bonchev–Trinajstić information content (AvgIpc) is 2.53. The second kappa shape index (κ2) is 6.78. The molecule has 0 fully saturated rings. The molecule has 0 aliphatic heterocycles. The van der Waals surface area contributed by atoms with Gasteiger partial charge in [0.1, 0.15) is 5.82 Å². The molecule has 0 aromatic heterocycles. The normalized spacial score (nSPS) is 11.2. The van der Waals surface area contributed by atoms with Gasteiger partial charge < -0.3 is 0 Å². The number of nitrogens with zero attached hydrogens (tertiary/aromatic N) is 2. The van der Waals surface area contributed by atoms with Crippen molar-refractivity contribution in [3.8, 4) is 0 Å². The number of nitrogens with one attached hydrogen (secondary N) is 1. The molecule has 2 rings (SSSR count). The lowest BCUT2D eigenvalue weighted by molar-refractivity contribution is -0.385. The molecule has 1 amide bonds. The Morgan fingerprint density at radius 3 is 2.39 bits per heavy atom. The van der Waals surface area contributed by atoms with Gasteiger partial charge in [0, 0.05) is 17.2 Å². The van der Waals surface area contributed by atoms with Crippen LogP contribution in [0.3, 0.4) is 0 Å². The Bertz CT molecular complexity index is 786. The van der Waals surface area contributed by atoms with Crippen molar-refractivity contribution in [2.45, 2.75) is 13.8 Å². The standard InChI is InChI=1S/C16H14FN3O3/c1-10-3-4-13(9-15(10)20(22)23)16(21)19-18-11(2)12-5-7-14(17)8-6-12/h3-9H,1-2H3,(H,19,21). The molecule has 6 nitrogen and oxygen atoms in total. The molecule has 118 valence electrons. The third kappa shape index (κ3) is 3.97. The Hall–Kier alpha value is -3.09. The first-order valence-electron chi connectivity index (χ1n) is 6.74. The van der Waals surface area contributed by atoms with Gasteiger partial charge in [-0.1, -0.05) is 18.2 Å². The molecule has 2 aromatic carbocycles. The van der Waals surface area contributed by atoms with Crippen LogP contribution in [0.4, 0.5) is 10.1 Å². The fourth-order valence-electron chi connectivity index (χ4n) is 1.90. The molecular formula is C16H14FN3O3. The SMILES string of the molecule is CC(=NNC(=O)c1ccc(C)c([N+](=O)[O-])c1)c1ccc(F)cc1. The Kier molecular flexibility index (Phi) is 4.80. The van der Waals surface area contributed by atoms with Gasteiger partial charge in [-0.2, -0.15) is 5.10 Å². The Balaban J connectivity index is 2.16. The van der Waals surface area contributed by atoms with E-state index in [1.54, 1.807) is 13.8 Å². The molecular weight excluding hydrogens is 301 g/mol. The summed E-state index contributed by atoms with van der Waals surface area (Å²) in [6.45, 7) is 3.25. The van der Waals surface area contributed by atoms with E-state index in [9.17, 15) is 19.3 Å². The van der Waals surface area contributed by atoms with Crippen LogP contribution in [0.1, 0.15) is 28.4 Å². The first kappa shape index (κ1) is 16.3. The number of rotatable bonds is 4. The zero-order valence-electron chi connectivity index (χ0n) is 12.5. The maximum absolute atomic E-state index is 12.9. The number of hydrogen-bond acceptors (Lipinski definition) is 4. The monoisotopic (exact) mass is 315 g/mol. The smallest absolute Gasteiger partial charge is 0.267 e. The first-order valence-corrected chi connectivity index (χ1v) is 6.74. The van der Waals surface area contributed by atoms with Crippen LogP contribution in [0.5, 0.6) is 0 Å². The van der Waals surface area contributed by atoms with Crippen LogP contribution in [0.15, 0.2) is 47.6 Å². The minimum Gasteiger partial charge on any atom is -0.267 e. The molecule has 2 aromatic rings. The van der Waals surface area contributed by atoms with E-state index in [2.05, 4.69) is 10.5 Å². The zero-order chi connectivity index (χ0) is 17.0. The van der Waals surface area contributed by atoms with Crippen molar-refractivity contribution in [2.24, 2.45) is 5.10 Å². The summed E-state index contributed by atoms with van der Waals surface area (Å²) in [6.07, 6.45) is 0. The summed E-state index contributed by atoms with van der Waals surface area (Å²) in [7, 11) is 0. The highest BCUT2D eigenvalue weighted by molar-refractivity contribution is 6.01. The van der Waals surface area contributed by atoms with Gasteiger partial charge in [0.05, 0.1) is 10.6 Å². The van der Waals surface area contributed by atoms with Gasteiger partial charge in [0.15, 0.2) is 0 Å². The number of carbonyl (C=O) groups is 1. The number of benzene rings is 2. The second-order valence-electron chi connectivity index (χ2n) is 4.90. The molecule has 0 aliphatic rings. The van der Waals surface area contributed by atoms with Crippen molar-refractivity contribution in [1.29, 1.82) is 0 Å². The minimum atomic E-state index is -0.561. The highest BCUT2D eigenvalue weighted by atomic mass is 19.1. The van der Waals surface area contributed by atoms with Gasteiger partial charge >= 0.3 is 0 Å². The molecule has 7 heteroatoms. The number of hydrazone groups is 1. The zero-order valence-corrected chi connectivity index (χ0v) is 12.5. The molecule has 0 saturated heterocycles. The molecule has 0 bridgehead atoms. The summed E-state index contributed by atoms with van der Waals surface area (Å²) in [6, 6.07) is 9.85. The number of halogens is 1. The van der Waals surface area contributed by atoms with E-state index in [0.29, 0.717) is 16.8 Å². The number of hydrogen-bond donors (Lipinski definition) is 1. The summed E-state index contributed by atoms with van der Waals surface area (Å²) in [5.74, 6) is -0.924. The summed E-state index contributed by atoms with van der Waals surface area (Å²) in [5.41, 5.74) is 3.95. The second-order valence-corrected chi connectivity index (χ2v) is 4.90. The van der Waals surface area contributed by atoms with Crippen molar-refractivity contribution in [2.75, 3.05) is 0 Å². The topological polar surface area (TPSA) is 84.6 Å². The van der Waals surface area contributed by atoms with Crippen LogP contribution in [0.2, 0.25) is 0 Å². The highest BCUT2D eigenvalue weighted by Crippen LogP contribution is 2.19. The number of carbonyl (C=O) groups excluding carboxylic acids is 1. The number of nitro groups is 1. The molecule has 0 heterocycles. The van der Waals surface area contributed by atoms with E-state index in [0.717, 1.165) is 0 Å². The third-order valence-electron chi connectivity index (χ3n) is 3.26. The Labute approximate surface area is 131 Å². The average molecular weight is 315 g/mol. The first-order chi connectivity index (χ1) is 10.9. The van der Waals surface area contributed by atoms with Crippen LogP contribution < -0.4 is 5.43 Å². The van der Waals surface area contributed by atoms with Crippen molar-refractivity contribution in [1.82, 2.24) is 5.43 Å². The maximum Gasteiger partial charge on any atom is 0.273 e. The van der Waals surface area contributed by atoms with Crippen molar-refractivity contribution < 1.29 is 14.1 Å². The summed E-state index contributed by atoms with van der Waals surface area (Å²) in [5, 5.41) is 14.8. The number of amides is 1. The minimum absolute atomic E-state index is 0.128. The molecule has 1 N–H and O–H groups in total. The van der Waals surface area contributed by atoms with Gasteiger partial charge in [-0.05, 0) is 37.6 Å². The number of aryl methyl sites for hydroxylation is 1. The van der Waals surface area contributed by atoms with Gasteiger partial charge in [-0.25, -0.2) is 9.82 Å². The molecule has 0 saturated carbocycles. The van der Waals surface area contributed by atoms with Crippen molar-refractivity contribution >= 4 is 17.3 Å². The van der Waals surface area contributed by atoms with Crippen LogP contribution >= 0.6 is 0 Å². The predicted octanol–water partition coefficient (Wildman–Crippen LogP) is 3.20. The van der Waals surface area contributed by atoms with Crippen LogP contribution in [0, 0.1) is 22.9 Å². The quantitative estimate of drug-likeness (QED) is 0.534. The largest absolute Gasteiger partial charge is 0.273 e. The van der Waals surface area contributed by atoms with Crippen molar-refractivity contribution in [3.05, 3.63) is 75.1 Å². The van der Waals surface area contributed by atoms with Gasteiger partial charge in [0.25, 0.3) is 11.6 Å². The van der Waals surface area contributed by atoms with E-state index in [1.165, 1.54) is 42.5 Å². The summed E-state index contributed by atoms with van der Waals surface area (Å²) in [4.78, 5) is 22.4. The van der Waals surface area contributed by atoms with E-state index >= 15 is 0 Å². The van der Waals surface area contributed by atoms with Crippen molar-refractivity contribution in [3.63, 3.8) is 0 Å². The predicted molar refractivity (Wildman–Crippen MR) is 83.9 cm³/mol. The molecule has 0 radical (unpaired) electrons. The fourth-order valence-corrected chi connectivity index (χ4v) is 1.90.